The molecule has 3 rings (SSSR count). The molecule has 4 heteroatoms. The maximum Gasteiger partial charge on any atom is 0.141 e. The number of hydrogen-bond acceptors (Lipinski definition) is 2. The normalized spacial score (nSPS) is 11.2. The van der Waals surface area contributed by atoms with Crippen LogP contribution in [-0.2, 0) is 6.54 Å². The minimum absolute atomic E-state index is 0.167. The second kappa shape index (κ2) is 5.88. The monoisotopic (exact) mass is 300 g/mol. The van der Waals surface area contributed by atoms with Crippen LogP contribution >= 0.6 is 11.6 Å². The van der Waals surface area contributed by atoms with Crippen LogP contribution in [0.15, 0.2) is 42.5 Å². The third-order valence-corrected chi connectivity index (χ3v) is 3.79. The molecule has 0 aliphatic carbocycles. The third kappa shape index (κ3) is 2.80. The lowest BCUT2D eigenvalue weighted by molar-refractivity contribution is 0.281. The Labute approximate surface area is 128 Å². The summed E-state index contributed by atoms with van der Waals surface area (Å²) >= 11 is 6.06. The Bertz CT molecular complexity index is 762. The average Bonchev–Trinajstić information content (AvgIpc) is 2.83. The van der Waals surface area contributed by atoms with E-state index >= 15 is 0 Å². The van der Waals surface area contributed by atoms with E-state index in [0.717, 1.165) is 29.0 Å². The molecule has 0 aliphatic rings. The van der Waals surface area contributed by atoms with Crippen molar-refractivity contribution in [1.29, 1.82) is 0 Å². The number of imidazole rings is 1. The van der Waals surface area contributed by atoms with Gasteiger partial charge in [-0.15, -0.1) is 0 Å². The van der Waals surface area contributed by atoms with Gasteiger partial charge in [-0.05, 0) is 31.5 Å². The molecule has 1 aromatic heterocycles. The molecular weight excluding hydrogens is 284 g/mol. The van der Waals surface area contributed by atoms with Crippen LogP contribution in [0.5, 0.6) is 0 Å². The van der Waals surface area contributed by atoms with Crippen molar-refractivity contribution in [2.75, 3.05) is 6.61 Å². The first-order valence-corrected chi connectivity index (χ1v) is 7.40. The first-order chi connectivity index (χ1) is 10.2. The van der Waals surface area contributed by atoms with Crippen LogP contribution in [-0.4, -0.2) is 21.3 Å². The molecule has 0 saturated heterocycles. The van der Waals surface area contributed by atoms with E-state index in [1.54, 1.807) is 0 Å². The maximum atomic E-state index is 9.12. The fourth-order valence-corrected chi connectivity index (χ4v) is 2.65. The molecule has 1 N–H and O–H groups in total. The van der Waals surface area contributed by atoms with Crippen molar-refractivity contribution in [1.82, 2.24) is 9.55 Å². The first-order valence-electron chi connectivity index (χ1n) is 7.03. The van der Waals surface area contributed by atoms with E-state index < -0.39 is 0 Å². The number of halogens is 1. The predicted octanol–water partition coefficient (Wildman–Crippen LogP) is 4.05. The van der Waals surface area contributed by atoms with Crippen molar-refractivity contribution >= 4 is 22.6 Å². The van der Waals surface area contributed by atoms with Gasteiger partial charge in [0.25, 0.3) is 0 Å². The largest absolute Gasteiger partial charge is 0.396 e. The molecule has 0 unspecified atom stereocenters. The molecule has 1 heterocycles. The smallest absolute Gasteiger partial charge is 0.141 e. The third-order valence-electron chi connectivity index (χ3n) is 3.56. The van der Waals surface area contributed by atoms with E-state index in [1.165, 1.54) is 5.56 Å². The molecule has 0 aliphatic heterocycles. The summed E-state index contributed by atoms with van der Waals surface area (Å²) in [5.74, 6) is 0.917. The predicted molar refractivity (Wildman–Crippen MR) is 86.6 cm³/mol. The van der Waals surface area contributed by atoms with Crippen LogP contribution in [0.3, 0.4) is 0 Å². The standard InChI is InChI=1S/C17H17ClN2O/c1-12-3-5-13(6-4-12)17-19-15-11-14(18)7-8-16(15)20(17)9-2-10-21/h3-8,11,21H,2,9-10H2,1H3. The number of benzene rings is 2. The zero-order valence-electron chi connectivity index (χ0n) is 11.9. The Morgan fingerprint density at radius 1 is 1.14 bits per heavy atom. The Morgan fingerprint density at radius 3 is 2.62 bits per heavy atom. The van der Waals surface area contributed by atoms with Gasteiger partial charge >= 0.3 is 0 Å². The molecule has 0 bridgehead atoms. The van der Waals surface area contributed by atoms with E-state index in [2.05, 4.69) is 35.8 Å². The molecule has 0 amide bonds. The van der Waals surface area contributed by atoms with E-state index in [4.69, 9.17) is 21.7 Å². The van der Waals surface area contributed by atoms with Crippen molar-refractivity contribution in [2.24, 2.45) is 0 Å². The molecule has 0 atom stereocenters. The Kier molecular flexibility index (Phi) is 3.95. The number of nitrogens with zero attached hydrogens (tertiary/aromatic N) is 2. The number of fused-ring (bicyclic) bond motifs is 1. The minimum atomic E-state index is 0.167. The molecule has 108 valence electrons. The van der Waals surface area contributed by atoms with Gasteiger partial charge < -0.3 is 9.67 Å². The molecule has 3 nitrogen and oxygen atoms in total. The molecule has 0 fully saturated rings. The number of aliphatic hydroxyl groups excluding tert-OH is 1. The fourth-order valence-electron chi connectivity index (χ4n) is 2.48. The van der Waals surface area contributed by atoms with Crippen LogP contribution in [0, 0.1) is 6.92 Å². The van der Waals surface area contributed by atoms with Crippen LogP contribution in [0.2, 0.25) is 5.02 Å². The Balaban J connectivity index is 2.17. The van der Waals surface area contributed by atoms with Gasteiger partial charge in [-0.25, -0.2) is 4.98 Å². The van der Waals surface area contributed by atoms with Gasteiger partial charge in [-0.2, -0.15) is 0 Å². The number of rotatable bonds is 4. The van der Waals surface area contributed by atoms with E-state index in [0.29, 0.717) is 11.4 Å². The van der Waals surface area contributed by atoms with Crippen molar-refractivity contribution in [3.8, 4) is 11.4 Å². The van der Waals surface area contributed by atoms with E-state index in [9.17, 15) is 0 Å². The molecule has 0 radical (unpaired) electrons. The van der Waals surface area contributed by atoms with Gasteiger partial charge in [0.2, 0.25) is 0 Å². The van der Waals surface area contributed by atoms with Crippen molar-refractivity contribution < 1.29 is 5.11 Å². The summed E-state index contributed by atoms with van der Waals surface area (Å²) in [6.07, 6.45) is 0.701. The van der Waals surface area contributed by atoms with Gasteiger partial charge in [0.1, 0.15) is 5.82 Å². The summed E-state index contributed by atoms with van der Waals surface area (Å²) in [5, 5.41) is 9.81. The molecule has 0 saturated carbocycles. The van der Waals surface area contributed by atoms with Crippen molar-refractivity contribution in [3.63, 3.8) is 0 Å². The van der Waals surface area contributed by atoms with Gasteiger partial charge in [0.05, 0.1) is 11.0 Å². The highest BCUT2D eigenvalue weighted by molar-refractivity contribution is 6.31. The SMILES string of the molecule is Cc1ccc(-c2nc3cc(Cl)ccc3n2CCCO)cc1. The van der Waals surface area contributed by atoms with E-state index in [-0.39, 0.29) is 6.61 Å². The highest BCUT2D eigenvalue weighted by atomic mass is 35.5. The summed E-state index contributed by atoms with van der Waals surface area (Å²) in [6, 6.07) is 14.1. The van der Waals surface area contributed by atoms with Crippen LogP contribution in [0.25, 0.3) is 22.4 Å². The van der Waals surface area contributed by atoms with Crippen LogP contribution in [0.4, 0.5) is 0 Å². The lowest BCUT2D eigenvalue weighted by Gasteiger charge is -2.08. The number of aliphatic hydroxyl groups is 1. The van der Waals surface area contributed by atoms with Gasteiger partial charge in [0.15, 0.2) is 0 Å². The summed E-state index contributed by atoms with van der Waals surface area (Å²) in [4.78, 5) is 4.72. The summed E-state index contributed by atoms with van der Waals surface area (Å²) in [7, 11) is 0. The van der Waals surface area contributed by atoms with Gasteiger partial charge in [-0.1, -0.05) is 41.4 Å². The zero-order valence-corrected chi connectivity index (χ0v) is 12.6. The highest BCUT2D eigenvalue weighted by Crippen LogP contribution is 2.27. The molecule has 0 spiro atoms. The molecule has 3 aromatic rings. The average molecular weight is 301 g/mol. The summed E-state index contributed by atoms with van der Waals surface area (Å²) < 4.78 is 2.15. The number of hydrogen-bond donors (Lipinski definition) is 1. The highest BCUT2D eigenvalue weighted by Gasteiger charge is 2.12. The zero-order chi connectivity index (χ0) is 14.8. The second-order valence-corrected chi connectivity index (χ2v) is 5.60. The molecular formula is C17H17ClN2O. The van der Waals surface area contributed by atoms with Crippen LogP contribution < -0.4 is 0 Å². The number of aryl methyl sites for hydroxylation is 2. The summed E-state index contributed by atoms with van der Waals surface area (Å²) in [5.41, 5.74) is 4.23. The fraction of sp³-hybridized carbons (Fsp3) is 0.235. The second-order valence-electron chi connectivity index (χ2n) is 5.16. The Hall–Kier alpha value is -1.84. The van der Waals surface area contributed by atoms with Crippen LogP contribution in [0.1, 0.15) is 12.0 Å². The lowest BCUT2D eigenvalue weighted by Crippen LogP contribution is -2.02. The number of aromatic nitrogens is 2. The summed E-state index contributed by atoms with van der Waals surface area (Å²) in [6.45, 7) is 2.97. The van der Waals surface area contributed by atoms with Crippen molar-refractivity contribution in [3.05, 3.63) is 53.1 Å². The molecule has 21 heavy (non-hydrogen) atoms. The van der Waals surface area contributed by atoms with Gasteiger partial charge in [0, 0.05) is 23.7 Å². The Morgan fingerprint density at radius 2 is 1.90 bits per heavy atom. The first kappa shape index (κ1) is 14.1. The lowest BCUT2D eigenvalue weighted by atomic mass is 10.1. The van der Waals surface area contributed by atoms with Crippen molar-refractivity contribution in [2.45, 2.75) is 19.9 Å². The topological polar surface area (TPSA) is 38.0 Å². The van der Waals surface area contributed by atoms with E-state index in [1.807, 2.05) is 18.2 Å². The molecule has 2 aromatic carbocycles. The van der Waals surface area contributed by atoms with Gasteiger partial charge in [-0.3, -0.25) is 0 Å². The maximum absolute atomic E-state index is 9.12. The minimum Gasteiger partial charge on any atom is -0.396 e. The quantitative estimate of drug-likeness (QED) is 0.789.